The van der Waals surface area contributed by atoms with E-state index < -0.39 is 5.60 Å². The predicted molar refractivity (Wildman–Crippen MR) is 144 cm³/mol. The van der Waals surface area contributed by atoms with Crippen LogP contribution in [0.15, 0.2) is 48.5 Å². The lowest BCUT2D eigenvalue weighted by atomic mass is 9.96. The van der Waals surface area contributed by atoms with Crippen molar-refractivity contribution in [1.82, 2.24) is 14.7 Å². The van der Waals surface area contributed by atoms with E-state index in [2.05, 4.69) is 67.2 Å². The molecular weight excluding hydrogens is 450 g/mol. The summed E-state index contributed by atoms with van der Waals surface area (Å²) in [6, 6.07) is 16.7. The van der Waals surface area contributed by atoms with E-state index in [9.17, 15) is 5.11 Å². The van der Waals surface area contributed by atoms with Crippen molar-refractivity contribution in [3.63, 3.8) is 0 Å². The molecule has 0 bridgehead atoms. The summed E-state index contributed by atoms with van der Waals surface area (Å²) in [5.74, 6) is 1.77. The minimum Gasteiger partial charge on any atom is -0.494 e. The van der Waals surface area contributed by atoms with Crippen molar-refractivity contribution < 1.29 is 14.6 Å². The largest absolute Gasteiger partial charge is 0.494 e. The van der Waals surface area contributed by atoms with Crippen LogP contribution in [0.25, 0.3) is 0 Å². The van der Waals surface area contributed by atoms with Crippen molar-refractivity contribution >= 4 is 0 Å². The van der Waals surface area contributed by atoms with Gasteiger partial charge in [0, 0.05) is 31.7 Å². The standard InChI is InChI=1S/C30H41N3O3/c1-23-10-11-29(24(2)18-23)36-22-30(34)12-6-14-32(16-13-30)21-27-8-5-9-28(20-27)35-17-7-15-33-26(4)19-25(3)31-33/h5,8-11,18-20,34H,6-7,12-17,21-22H2,1-4H3. The van der Waals surface area contributed by atoms with Crippen LogP contribution >= 0.6 is 0 Å². The van der Waals surface area contributed by atoms with Crippen LogP contribution in [-0.2, 0) is 13.1 Å². The van der Waals surface area contributed by atoms with E-state index in [0.29, 0.717) is 19.6 Å². The molecule has 1 saturated heterocycles. The molecule has 1 aliphatic heterocycles. The lowest BCUT2D eigenvalue weighted by Crippen LogP contribution is -2.37. The van der Waals surface area contributed by atoms with Gasteiger partial charge in [0.1, 0.15) is 18.1 Å². The predicted octanol–water partition coefficient (Wildman–Crippen LogP) is 5.38. The topological polar surface area (TPSA) is 59.8 Å². The molecule has 194 valence electrons. The van der Waals surface area contributed by atoms with Crippen molar-refractivity contribution in [1.29, 1.82) is 0 Å². The molecule has 0 amide bonds. The van der Waals surface area contributed by atoms with Crippen LogP contribution in [0.3, 0.4) is 0 Å². The van der Waals surface area contributed by atoms with Crippen LogP contribution in [-0.4, -0.2) is 51.7 Å². The molecule has 1 N–H and O–H groups in total. The quantitative estimate of drug-likeness (QED) is 0.386. The monoisotopic (exact) mass is 491 g/mol. The normalized spacial score (nSPS) is 18.7. The molecule has 1 atom stereocenters. The van der Waals surface area contributed by atoms with Gasteiger partial charge in [-0.2, -0.15) is 5.10 Å². The summed E-state index contributed by atoms with van der Waals surface area (Å²) in [6.07, 6.45) is 3.34. The first-order valence-electron chi connectivity index (χ1n) is 13.2. The van der Waals surface area contributed by atoms with Crippen LogP contribution < -0.4 is 9.47 Å². The van der Waals surface area contributed by atoms with Gasteiger partial charge in [-0.25, -0.2) is 0 Å². The fourth-order valence-corrected chi connectivity index (χ4v) is 5.01. The van der Waals surface area contributed by atoms with Crippen LogP contribution in [0.4, 0.5) is 0 Å². The molecule has 6 heteroatoms. The van der Waals surface area contributed by atoms with E-state index in [4.69, 9.17) is 9.47 Å². The maximum atomic E-state index is 11.2. The first-order valence-corrected chi connectivity index (χ1v) is 13.2. The second-order valence-corrected chi connectivity index (χ2v) is 10.4. The number of ether oxygens (including phenoxy) is 2. The molecule has 0 saturated carbocycles. The van der Waals surface area contributed by atoms with Gasteiger partial charge in [-0.3, -0.25) is 9.58 Å². The summed E-state index contributed by atoms with van der Waals surface area (Å²) in [5, 5.41) is 15.7. The van der Waals surface area contributed by atoms with Gasteiger partial charge in [-0.15, -0.1) is 0 Å². The smallest absolute Gasteiger partial charge is 0.122 e. The summed E-state index contributed by atoms with van der Waals surface area (Å²) in [5.41, 5.74) is 5.03. The highest BCUT2D eigenvalue weighted by Crippen LogP contribution is 2.27. The Kier molecular flexibility index (Phi) is 8.70. The Hall–Kier alpha value is -2.83. The zero-order valence-corrected chi connectivity index (χ0v) is 22.3. The van der Waals surface area contributed by atoms with E-state index in [1.54, 1.807) is 0 Å². The molecule has 0 radical (unpaired) electrons. The third-order valence-electron chi connectivity index (χ3n) is 7.03. The fraction of sp³-hybridized carbons (Fsp3) is 0.500. The van der Waals surface area contributed by atoms with Gasteiger partial charge in [0.05, 0.1) is 17.9 Å². The van der Waals surface area contributed by atoms with Crippen LogP contribution in [0.5, 0.6) is 11.5 Å². The third kappa shape index (κ3) is 7.34. The molecule has 1 aromatic heterocycles. The number of aliphatic hydroxyl groups is 1. The molecule has 1 unspecified atom stereocenters. The Morgan fingerprint density at radius 3 is 2.61 bits per heavy atom. The number of nitrogens with zero attached hydrogens (tertiary/aromatic N) is 3. The average molecular weight is 492 g/mol. The van der Waals surface area contributed by atoms with Crippen molar-refractivity contribution in [2.45, 2.75) is 72.1 Å². The molecule has 0 aliphatic carbocycles. The molecule has 3 aromatic rings. The lowest BCUT2D eigenvalue weighted by Gasteiger charge is -2.27. The van der Waals surface area contributed by atoms with Crippen LogP contribution in [0.1, 0.15) is 53.8 Å². The van der Waals surface area contributed by atoms with Crippen LogP contribution in [0, 0.1) is 27.7 Å². The maximum Gasteiger partial charge on any atom is 0.122 e. The summed E-state index contributed by atoms with van der Waals surface area (Å²) in [6.45, 7) is 12.8. The number of likely N-dealkylation sites (tertiary alicyclic amines) is 1. The number of rotatable bonds is 10. The second kappa shape index (κ2) is 11.9. The van der Waals surface area contributed by atoms with E-state index in [0.717, 1.165) is 68.2 Å². The Labute approximate surface area is 215 Å². The van der Waals surface area contributed by atoms with E-state index in [1.807, 2.05) is 23.7 Å². The number of aryl methyl sites for hydroxylation is 5. The average Bonchev–Trinajstić information content (AvgIpc) is 3.04. The van der Waals surface area contributed by atoms with Crippen LogP contribution in [0.2, 0.25) is 0 Å². The Morgan fingerprint density at radius 2 is 1.83 bits per heavy atom. The highest BCUT2D eigenvalue weighted by atomic mass is 16.5. The van der Waals surface area contributed by atoms with E-state index in [1.165, 1.54) is 16.8 Å². The highest BCUT2D eigenvalue weighted by molar-refractivity contribution is 5.35. The highest BCUT2D eigenvalue weighted by Gasteiger charge is 2.31. The molecule has 2 aromatic carbocycles. The third-order valence-corrected chi connectivity index (χ3v) is 7.03. The Balaban J connectivity index is 1.24. The second-order valence-electron chi connectivity index (χ2n) is 10.4. The summed E-state index contributed by atoms with van der Waals surface area (Å²) < 4.78 is 14.1. The summed E-state index contributed by atoms with van der Waals surface area (Å²) >= 11 is 0. The number of hydrogen-bond acceptors (Lipinski definition) is 5. The molecule has 1 fully saturated rings. The van der Waals surface area contributed by atoms with Gasteiger partial charge < -0.3 is 14.6 Å². The molecule has 36 heavy (non-hydrogen) atoms. The minimum absolute atomic E-state index is 0.339. The molecule has 6 nitrogen and oxygen atoms in total. The lowest BCUT2D eigenvalue weighted by molar-refractivity contribution is -0.0170. The van der Waals surface area contributed by atoms with Crippen molar-refractivity contribution in [2.75, 3.05) is 26.3 Å². The van der Waals surface area contributed by atoms with Gasteiger partial charge in [0.25, 0.3) is 0 Å². The Bertz CT molecular complexity index is 1140. The first kappa shape index (κ1) is 26.2. The maximum absolute atomic E-state index is 11.2. The zero-order chi connectivity index (χ0) is 25.5. The van der Waals surface area contributed by atoms with Gasteiger partial charge in [0.2, 0.25) is 0 Å². The van der Waals surface area contributed by atoms with Gasteiger partial charge in [-0.1, -0.05) is 29.8 Å². The zero-order valence-electron chi connectivity index (χ0n) is 22.3. The van der Waals surface area contributed by atoms with E-state index in [-0.39, 0.29) is 0 Å². The minimum atomic E-state index is -0.789. The number of aromatic nitrogens is 2. The van der Waals surface area contributed by atoms with Crippen molar-refractivity contribution in [3.8, 4) is 11.5 Å². The number of hydrogen-bond donors (Lipinski definition) is 1. The number of benzene rings is 2. The van der Waals surface area contributed by atoms with Gasteiger partial charge >= 0.3 is 0 Å². The summed E-state index contributed by atoms with van der Waals surface area (Å²) in [7, 11) is 0. The Morgan fingerprint density at radius 1 is 0.972 bits per heavy atom. The van der Waals surface area contributed by atoms with Gasteiger partial charge in [0.15, 0.2) is 0 Å². The fourth-order valence-electron chi connectivity index (χ4n) is 5.01. The van der Waals surface area contributed by atoms with E-state index >= 15 is 0 Å². The molecule has 1 aliphatic rings. The summed E-state index contributed by atoms with van der Waals surface area (Å²) in [4.78, 5) is 2.43. The molecule has 2 heterocycles. The van der Waals surface area contributed by atoms with Gasteiger partial charge in [-0.05, 0) is 88.9 Å². The molecular formula is C30H41N3O3. The van der Waals surface area contributed by atoms with Crippen molar-refractivity contribution in [2.24, 2.45) is 0 Å². The molecule has 0 spiro atoms. The first-order chi connectivity index (χ1) is 17.3. The SMILES string of the molecule is Cc1ccc(OCC2(O)CCCN(Cc3cccc(OCCCn4nc(C)cc4C)c3)CC2)c(C)c1. The van der Waals surface area contributed by atoms with Crippen molar-refractivity contribution in [3.05, 3.63) is 76.6 Å². The molecule has 4 rings (SSSR count).